The van der Waals surface area contributed by atoms with Crippen LogP contribution in [0, 0.1) is 13.8 Å². The zero-order chi connectivity index (χ0) is 21.3. The van der Waals surface area contributed by atoms with E-state index in [0.717, 1.165) is 22.4 Å². The zero-order valence-electron chi connectivity index (χ0n) is 16.8. The molecule has 0 fully saturated rings. The SMILES string of the molecule is Cc1ccc(C)c(-n2c(SCc3ccc(C(N)=O)cc3)nc3ccccc3c2=O)c1. The molecule has 30 heavy (non-hydrogen) atoms. The van der Waals surface area contributed by atoms with Crippen LogP contribution in [0.3, 0.4) is 0 Å². The van der Waals surface area contributed by atoms with E-state index in [4.69, 9.17) is 10.7 Å². The van der Waals surface area contributed by atoms with Gasteiger partial charge in [-0.05, 0) is 60.9 Å². The van der Waals surface area contributed by atoms with Gasteiger partial charge in [-0.15, -0.1) is 0 Å². The number of fused-ring (bicyclic) bond motifs is 1. The van der Waals surface area contributed by atoms with Crippen molar-refractivity contribution in [2.45, 2.75) is 24.8 Å². The number of hydrogen-bond acceptors (Lipinski definition) is 4. The molecule has 0 bridgehead atoms. The molecule has 1 heterocycles. The van der Waals surface area contributed by atoms with Crippen molar-refractivity contribution >= 4 is 28.6 Å². The van der Waals surface area contributed by atoms with Crippen molar-refractivity contribution in [3.63, 3.8) is 0 Å². The molecule has 0 saturated heterocycles. The summed E-state index contributed by atoms with van der Waals surface area (Å²) in [6.45, 7) is 4.00. The first-order valence-electron chi connectivity index (χ1n) is 9.55. The van der Waals surface area contributed by atoms with E-state index in [0.29, 0.717) is 27.4 Å². The third-order valence-electron chi connectivity index (χ3n) is 4.96. The molecule has 0 aliphatic carbocycles. The van der Waals surface area contributed by atoms with Crippen molar-refractivity contribution < 1.29 is 4.79 Å². The number of rotatable bonds is 5. The molecular formula is C24H21N3O2S. The maximum absolute atomic E-state index is 13.4. The summed E-state index contributed by atoms with van der Waals surface area (Å²) in [7, 11) is 0. The number of carbonyl (C=O) groups excluding carboxylic acids is 1. The highest BCUT2D eigenvalue weighted by molar-refractivity contribution is 7.98. The normalized spacial score (nSPS) is 11.0. The first-order chi connectivity index (χ1) is 14.4. The molecule has 0 aliphatic rings. The summed E-state index contributed by atoms with van der Waals surface area (Å²) in [5.74, 6) is 0.156. The maximum atomic E-state index is 13.4. The van der Waals surface area contributed by atoms with E-state index in [2.05, 4.69) is 0 Å². The lowest BCUT2D eigenvalue weighted by Crippen LogP contribution is -2.22. The molecule has 1 amide bonds. The van der Waals surface area contributed by atoms with Crippen LogP contribution in [0.25, 0.3) is 16.6 Å². The number of thioether (sulfide) groups is 1. The molecule has 0 unspecified atom stereocenters. The third-order valence-corrected chi connectivity index (χ3v) is 5.97. The second kappa shape index (κ2) is 8.16. The highest BCUT2D eigenvalue weighted by Crippen LogP contribution is 2.26. The fourth-order valence-electron chi connectivity index (χ4n) is 3.30. The Morgan fingerprint density at radius 1 is 1.03 bits per heavy atom. The van der Waals surface area contributed by atoms with Gasteiger partial charge in [0, 0.05) is 11.3 Å². The standard InChI is InChI=1S/C24H21N3O2S/c1-15-7-8-16(2)21(13-15)27-23(29)19-5-3-4-6-20(19)26-24(27)30-14-17-9-11-18(12-10-17)22(25)28/h3-13H,14H2,1-2H3,(H2,25,28). The van der Waals surface area contributed by atoms with Crippen LogP contribution in [-0.4, -0.2) is 15.5 Å². The quantitative estimate of drug-likeness (QED) is 0.387. The summed E-state index contributed by atoms with van der Waals surface area (Å²) >= 11 is 1.49. The van der Waals surface area contributed by atoms with Gasteiger partial charge in [0.15, 0.2) is 5.16 Å². The molecule has 150 valence electrons. The van der Waals surface area contributed by atoms with Gasteiger partial charge in [0.05, 0.1) is 16.6 Å². The Kier molecular flexibility index (Phi) is 5.42. The number of hydrogen-bond donors (Lipinski definition) is 1. The average Bonchev–Trinajstić information content (AvgIpc) is 2.74. The molecular weight excluding hydrogens is 394 g/mol. The van der Waals surface area contributed by atoms with E-state index in [-0.39, 0.29) is 5.56 Å². The van der Waals surface area contributed by atoms with E-state index in [9.17, 15) is 9.59 Å². The Morgan fingerprint density at radius 3 is 2.50 bits per heavy atom. The van der Waals surface area contributed by atoms with E-state index in [1.165, 1.54) is 11.8 Å². The first kappa shape index (κ1) is 19.9. The molecule has 0 atom stereocenters. The number of aryl methyl sites for hydroxylation is 2. The van der Waals surface area contributed by atoms with Crippen LogP contribution < -0.4 is 11.3 Å². The predicted octanol–water partition coefficient (Wildman–Crippen LogP) is 4.39. The summed E-state index contributed by atoms with van der Waals surface area (Å²) in [5, 5.41) is 1.22. The second-order valence-corrected chi connectivity index (χ2v) is 8.13. The van der Waals surface area contributed by atoms with Crippen LogP contribution in [0.4, 0.5) is 0 Å². The number of para-hydroxylation sites is 1. The fraction of sp³-hybridized carbons (Fsp3) is 0.125. The van der Waals surface area contributed by atoms with E-state index in [1.807, 2.05) is 68.4 Å². The fourth-order valence-corrected chi connectivity index (χ4v) is 4.26. The number of nitrogens with zero attached hydrogens (tertiary/aromatic N) is 2. The molecule has 1 aromatic heterocycles. The number of amides is 1. The molecule has 0 radical (unpaired) electrons. The lowest BCUT2D eigenvalue weighted by molar-refractivity contribution is 0.100. The zero-order valence-corrected chi connectivity index (χ0v) is 17.6. The minimum atomic E-state index is -0.450. The van der Waals surface area contributed by atoms with Crippen LogP contribution in [0.2, 0.25) is 0 Å². The Balaban J connectivity index is 1.80. The lowest BCUT2D eigenvalue weighted by Gasteiger charge is -2.16. The lowest BCUT2D eigenvalue weighted by atomic mass is 10.1. The van der Waals surface area contributed by atoms with Crippen molar-refractivity contribution in [2.75, 3.05) is 0 Å². The van der Waals surface area contributed by atoms with Crippen LogP contribution in [0.1, 0.15) is 27.0 Å². The minimum Gasteiger partial charge on any atom is -0.366 e. The number of aromatic nitrogens is 2. The third kappa shape index (κ3) is 3.86. The summed E-state index contributed by atoms with van der Waals surface area (Å²) < 4.78 is 1.70. The Labute approximate surface area is 178 Å². The van der Waals surface area contributed by atoms with Crippen molar-refractivity contribution in [1.82, 2.24) is 9.55 Å². The molecule has 4 aromatic rings. The van der Waals surface area contributed by atoms with Gasteiger partial charge < -0.3 is 5.73 Å². The van der Waals surface area contributed by atoms with Crippen molar-refractivity contribution in [3.05, 3.63) is 99.3 Å². The number of primary amides is 1. The van der Waals surface area contributed by atoms with Gasteiger partial charge in [-0.2, -0.15) is 0 Å². The summed E-state index contributed by atoms with van der Waals surface area (Å²) in [5.41, 5.74) is 10.3. The molecule has 4 rings (SSSR count). The van der Waals surface area contributed by atoms with Gasteiger partial charge in [0.25, 0.3) is 5.56 Å². The number of nitrogens with two attached hydrogens (primary N) is 1. The number of benzene rings is 3. The molecule has 0 aliphatic heterocycles. The van der Waals surface area contributed by atoms with E-state index >= 15 is 0 Å². The van der Waals surface area contributed by atoms with Gasteiger partial charge in [-0.3, -0.25) is 14.2 Å². The maximum Gasteiger partial charge on any atom is 0.266 e. The van der Waals surface area contributed by atoms with Gasteiger partial charge in [0.2, 0.25) is 5.91 Å². The molecule has 3 aromatic carbocycles. The second-order valence-electron chi connectivity index (χ2n) is 7.19. The van der Waals surface area contributed by atoms with E-state index in [1.54, 1.807) is 16.7 Å². The molecule has 0 saturated carbocycles. The van der Waals surface area contributed by atoms with Crippen LogP contribution in [-0.2, 0) is 5.75 Å². The minimum absolute atomic E-state index is 0.0825. The number of carbonyl (C=O) groups is 1. The van der Waals surface area contributed by atoms with Crippen LogP contribution in [0.5, 0.6) is 0 Å². The topological polar surface area (TPSA) is 78.0 Å². The Bertz CT molecular complexity index is 1310. The van der Waals surface area contributed by atoms with Gasteiger partial charge in [-0.25, -0.2) is 4.98 Å². The monoisotopic (exact) mass is 415 g/mol. The Hall–Kier alpha value is -3.38. The van der Waals surface area contributed by atoms with Crippen molar-refractivity contribution in [3.8, 4) is 5.69 Å². The molecule has 5 nitrogen and oxygen atoms in total. The summed E-state index contributed by atoms with van der Waals surface area (Å²) in [6, 6.07) is 20.6. The molecule has 2 N–H and O–H groups in total. The summed E-state index contributed by atoms with van der Waals surface area (Å²) in [6.07, 6.45) is 0. The van der Waals surface area contributed by atoms with Crippen LogP contribution >= 0.6 is 11.8 Å². The summed E-state index contributed by atoms with van der Waals surface area (Å²) in [4.78, 5) is 29.5. The van der Waals surface area contributed by atoms with Gasteiger partial charge in [0.1, 0.15) is 0 Å². The van der Waals surface area contributed by atoms with E-state index < -0.39 is 5.91 Å². The highest BCUT2D eigenvalue weighted by Gasteiger charge is 2.15. The smallest absolute Gasteiger partial charge is 0.266 e. The molecule has 0 spiro atoms. The van der Waals surface area contributed by atoms with Crippen LogP contribution in [0.15, 0.2) is 76.7 Å². The van der Waals surface area contributed by atoms with Gasteiger partial charge >= 0.3 is 0 Å². The Morgan fingerprint density at radius 2 is 1.77 bits per heavy atom. The van der Waals surface area contributed by atoms with Crippen molar-refractivity contribution in [2.24, 2.45) is 5.73 Å². The highest BCUT2D eigenvalue weighted by atomic mass is 32.2. The first-order valence-corrected chi connectivity index (χ1v) is 10.5. The average molecular weight is 416 g/mol. The van der Waals surface area contributed by atoms with Crippen molar-refractivity contribution in [1.29, 1.82) is 0 Å². The predicted molar refractivity (Wildman–Crippen MR) is 121 cm³/mol. The largest absolute Gasteiger partial charge is 0.366 e. The van der Waals surface area contributed by atoms with Gasteiger partial charge in [-0.1, -0.05) is 48.2 Å². The molecule has 6 heteroatoms.